The van der Waals surface area contributed by atoms with Gasteiger partial charge in [0.05, 0.1) is 11.9 Å². The van der Waals surface area contributed by atoms with E-state index >= 15 is 0 Å². The number of hydrogen-bond acceptors (Lipinski definition) is 4. The molecule has 0 saturated carbocycles. The van der Waals surface area contributed by atoms with E-state index in [-0.39, 0.29) is 28.1 Å². The van der Waals surface area contributed by atoms with Crippen LogP contribution in [0.15, 0.2) is 66.7 Å². The van der Waals surface area contributed by atoms with Gasteiger partial charge in [0.1, 0.15) is 24.7 Å². The number of hydrogen-bond donors (Lipinski definition) is 1. The first-order valence-electron chi connectivity index (χ1n) is 9.77. The van der Waals surface area contributed by atoms with Gasteiger partial charge in [0.25, 0.3) is 0 Å². The molecule has 0 heterocycles. The van der Waals surface area contributed by atoms with Gasteiger partial charge in [-0.2, -0.15) is 0 Å². The number of anilines is 1. The molecule has 0 saturated heterocycles. The number of carbonyl (C=O) groups is 1. The summed E-state index contributed by atoms with van der Waals surface area (Å²) in [5, 5.41) is 3.21. The summed E-state index contributed by atoms with van der Waals surface area (Å²) in [6.45, 7) is 0.0740. The van der Waals surface area contributed by atoms with Gasteiger partial charge < -0.3 is 10.1 Å². The zero-order chi connectivity index (χ0) is 24.0. The van der Waals surface area contributed by atoms with Gasteiger partial charge in [-0.1, -0.05) is 47.5 Å². The summed E-state index contributed by atoms with van der Waals surface area (Å²) in [6.07, 6.45) is 1.000. The Morgan fingerprint density at radius 2 is 1.55 bits per heavy atom. The Hall–Kier alpha value is -2.81. The van der Waals surface area contributed by atoms with Gasteiger partial charge >= 0.3 is 0 Å². The largest absolute Gasteiger partial charge is 0.489 e. The average molecular weight is 511 g/mol. The fraction of sp³-hybridized carbons (Fsp3) is 0.174. The molecule has 0 unspecified atom stereocenters. The first-order valence-corrected chi connectivity index (χ1v) is 12.4. The number of amides is 1. The lowest BCUT2D eigenvalue weighted by Crippen LogP contribution is -2.40. The van der Waals surface area contributed by atoms with Crippen molar-refractivity contribution in [2.45, 2.75) is 13.2 Å². The number of sulfonamides is 1. The number of halogens is 3. The molecule has 0 fully saturated rings. The van der Waals surface area contributed by atoms with Crippen molar-refractivity contribution < 1.29 is 22.3 Å². The lowest BCUT2D eigenvalue weighted by Gasteiger charge is -2.22. The zero-order valence-corrected chi connectivity index (χ0v) is 19.9. The molecule has 3 aromatic carbocycles. The predicted octanol–water partition coefficient (Wildman–Crippen LogP) is 4.79. The minimum atomic E-state index is -3.75. The van der Waals surface area contributed by atoms with E-state index in [0.717, 1.165) is 21.7 Å². The highest BCUT2D eigenvalue weighted by Crippen LogP contribution is 2.27. The van der Waals surface area contributed by atoms with Gasteiger partial charge in [0, 0.05) is 16.6 Å². The molecule has 3 rings (SSSR count). The van der Waals surface area contributed by atoms with Gasteiger partial charge in [-0.25, -0.2) is 12.8 Å². The van der Waals surface area contributed by atoms with Crippen molar-refractivity contribution in [3.63, 3.8) is 0 Å². The third-order valence-corrected chi connectivity index (χ3v) is 6.13. The molecule has 6 nitrogen and oxygen atoms in total. The number of ether oxygens (including phenoxy) is 1. The van der Waals surface area contributed by atoms with Crippen LogP contribution in [0.2, 0.25) is 10.0 Å². The van der Waals surface area contributed by atoms with Crippen molar-refractivity contribution in [3.05, 3.63) is 93.7 Å². The average Bonchev–Trinajstić information content (AvgIpc) is 2.75. The summed E-state index contributed by atoms with van der Waals surface area (Å²) >= 11 is 11.9. The molecule has 3 aromatic rings. The van der Waals surface area contributed by atoms with Crippen LogP contribution in [0, 0.1) is 5.82 Å². The molecule has 0 bridgehead atoms. The van der Waals surface area contributed by atoms with Gasteiger partial charge in [0.2, 0.25) is 15.9 Å². The number of rotatable bonds is 9. The summed E-state index contributed by atoms with van der Waals surface area (Å²) in [7, 11) is -3.75. The SMILES string of the molecule is CS(=O)(=O)N(CC(=O)NCc1ccc(OCc2ccc(F)cc2)cc1)c1cc(Cl)cc(Cl)c1. The summed E-state index contributed by atoms with van der Waals surface area (Å²) in [5.74, 6) is -0.176. The van der Waals surface area contributed by atoms with E-state index in [1.807, 2.05) is 0 Å². The fourth-order valence-electron chi connectivity index (χ4n) is 2.92. The number of benzene rings is 3. The molecule has 0 aliphatic heterocycles. The van der Waals surface area contributed by atoms with Gasteiger partial charge in [-0.05, 0) is 53.6 Å². The summed E-state index contributed by atoms with van der Waals surface area (Å²) in [5.41, 5.74) is 1.84. The van der Waals surface area contributed by atoms with Crippen LogP contribution in [0.4, 0.5) is 10.1 Å². The van der Waals surface area contributed by atoms with Crippen molar-refractivity contribution in [1.29, 1.82) is 0 Å². The second-order valence-electron chi connectivity index (χ2n) is 7.23. The first-order chi connectivity index (χ1) is 15.6. The lowest BCUT2D eigenvalue weighted by atomic mass is 10.2. The standard InChI is InChI=1S/C23H21Cl2FN2O4S/c1-33(30,31)28(21-11-18(24)10-19(25)12-21)14-23(29)27-13-16-4-8-22(9-5-16)32-15-17-2-6-20(26)7-3-17/h2-12H,13-15H2,1H3,(H,27,29). The van der Waals surface area contributed by atoms with Crippen LogP contribution in [-0.4, -0.2) is 27.1 Å². The summed E-state index contributed by atoms with van der Waals surface area (Å²) in [4.78, 5) is 12.4. The Labute approximate surface area is 201 Å². The molecule has 0 aliphatic carbocycles. The Bertz CT molecular complexity index is 1200. The molecule has 0 radical (unpaired) electrons. The normalized spacial score (nSPS) is 11.2. The lowest BCUT2D eigenvalue weighted by molar-refractivity contribution is -0.119. The third-order valence-electron chi connectivity index (χ3n) is 4.55. The Kier molecular flexibility index (Phi) is 8.18. The topological polar surface area (TPSA) is 75.7 Å². The highest BCUT2D eigenvalue weighted by Gasteiger charge is 2.21. The van der Waals surface area contributed by atoms with E-state index < -0.39 is 22.5 Å². The van der Waals surface area contributed by atoms with Crippen LogP contribution in [-0.2, 0) is 28.0 Å². The quantitative estimate of drug-likeness (QED) is 0.448. The van der Waals surface area contributed by atoms with Crippen LogP contribution in [0.5, 0.6) is 5.75 Å². The molecular weight excluding hydrogens is 490 g/mol. The van der Waals surface area contributed by atoms with Crippen LogP contribution in [0.25, 0.3) is 0 Å². The molecule has 0 aliphatic rings. The molecule has 0 spiro atoms. The molecular formula is C23H21Cl2FN2O4S. The molecule has 0 atom stereocenters. The minimum absolute atomic E-state index is 0.199. The highest BCUT2D eigenvalue weighted by molar-refractivity contribution is 7.92. The third kappa shape index (κ3) is 7.63. The Balaban J connectivity index is 1.56. The van der Waals surface area contributed by atoms with Crippen LogP contribution in [0.1, 0.15) is 11.1 Å². The highest BCUT2D eigenvalue weighted by atomic mass is 35.5. The molecule has 0 aromatic heterocycles. The van der Waals surface area contributed by atoms with E-state index in [1.165, 1.54) is 30.3 Å². The van der Waals surface area contributed by atoms with Gasteiger partial charge in [0.15, 0.2) is 0 Å². The zero-order valence-electron chi connectivity index (χ0n) is 17.6. The fourth-order valence-corrected chi connectivity index (χ4v) is 4.28. The molecule has 174 valence electrons. The Morgan fingerprint density at radius 3 is 2.12 bits per heavy atom. The van der Waals surface area contributed by atoms with Crippen LogP contribution < -0.4 is 14.4 Å². The molecule has 1 amide bonds. The van der Waals surface area contributed by atoms with E-state index in [9.17, 15) is 17.6 Å². The maximum Gasteiger partial charge on any atom is 0.241 e. The maximum atomic E-state index is 13.0. The second kappa shape index (κ2) is 10.9. The Morgan fingerprint density at radius 1 is 0.970 bits per heavy atom. The van der Waals surface area contributed by atoms with Crippen molar-refractivity contribution in [1.82, 2.24) is 5.32 Å². The van der Waals surface area contributed by atoms with E-state index in [1.54, 1.807) is 36.4 Å². The van der Waals surface area contributed by atoms with Gasteiger partial charge in [-0.15, -0.1) is 0 Å². The minimum Gasteiger partial charge on any atom is -0.489 e. The van der Waals surface area contributed by atoms with E-state index in [4.69, 9.17) is 27.9 Å². The smallest absolute Gasteiger partial charge is 0.241 e. The van der Waals surface area contributed by atoms with Crippen molar-refractivity contribution in [2.75, 3.05) is 17.1 Å². The van der Waals surface area contributed by atoms with E-state index in [0.29, 0.717) is 12.4 Å². The maximum absolute atomic E-state index is 13.0. The number of nitrogens with zero attached hydrogens (tertiary/aromatic N) is 1. The van der Waals surface area contributed by atoms with E-state index in [2.05, 4.69) is 5.32 Å². The first kappa shape index (κ1) is 24.8. The molecule has 1 N–H and O–H groups in total. The van der Waals surface area contributed by atoms with Gasteiger partial charge in [-0.3, -0.25) is 9.10 Å². The number of carbonyl (C=O) groups excluding carboxylic acids is 1. The molecule has 33 heavy (non-hydrogen) atoms. The second-order valence-corrected chi connectivity index (χ2v) is 10.0. The number of nitrogens with one attached hydrogen (secondary N) is 1. The summed E-state index contributed by atoms with van der Waals surface area (Å²) < 4.78 is 44.0. The summed E-state index contributed by atoms with van der Waals surface area (Å²) in [6, 6.07) is 17.4. The molecule has 10 heteroatoms. The monoisotopic (exact) mass is 510 g/mol. The van der Waals surface area contributed by atoms with Crippen LogP contribution in [0.3, 0.4) is 0 Å². The predicted molar refractivity (Wildman–Crippen MR) is 128 cm³/mol. The van der Waals surface area contributed by atoms with Crippen molar-refractivity contribution in [2.24, 2.45) is 0 Å². The van der Waals surface area contributed by atoms with Crippen molar-refractivity contribution in [3.8, 4) is 5.75 Å². The van der Waals surface area contributed by atoms with Crippen LogP contribution >= 0.6 is 23.2 Å². The van der Waals surface area contributed by atoms with Crippen molar-refractivity contribution >= 4 is 44.8 Å².